The summed E-state index contributed by atoms with van der Waals surface area (Å²) in [4.78, 5) is 15.2. The molecule has 4 nitrogen and oxygen atoms in total. The molecule has 0 saturated carbocycles. The highest BCUT2D eigenvalue weighted by Crippen LogP contribution is 2.24. The molecule has 2 aromatic heterocycles. The summed E-state index contributed by atoms with van der Waals surface area (Å²) in [6.07, 6.45) is 7.07. The number of nitrogens with one attached hydrogen (secondary N) is 1. The molecule has 0 aliphatic rings. The van der Waals surface area contributed by atoms with E-state index in [0.29, 0.717) is 5.69 Å². The van der Waals surface area contributed by atoms with E-state index in [-0.39, 0.29) is 5.78 Å². The molecule has 0 atom stereocenters. The molecule has 2 aromatic carbocycles. The number of rotatable bonds is 5. The van der Waals surface area contributed by atoms with Gasteiger partial charge in [-0.3, -0.25) is 4.79 Å². The molecule has 0 aliphatic carbocycles. The Morgan fingerprint density at radius 3 is 2.35 bits per heavy atom. The molecule has 0 bridgehead atoms. The highest BCUT2D eigenvalue weighted by molar-refractivity contribution is 6.05. The van der Waals surface area contributed by atoms with Crippen LogP contribution in [-0.2, 0) is 0 Å². The minimum atomic E-state index is -0.0681. The third-order valence-electron chi connectivity index (χ3n) is 4.09. The maximum Gasteiger partial charge on any atom is 0.201 e. The van der Waals surface area contributed by atoms with Crippen molar-refractivity contribution >= 4 is 11.9 Å². The number of hydrogen-bond donors (Lipinski definition) is 1. The van der Waals surface area contributed by atoms with Crippen LogP contribution in [0.5, 0.6) is 0 Å². The number of nitrogens with zero attached hydrogens (tertiary/aromatic N) is 2. The largest absolute Gasteiger partial charge is 0.359 e. The van der Waals surface area contributed by atoms with Crippen LogP contribution in [0.4, 0.5) is 0 Å². The Labute approximate surface area is 151 Å². The van der Waals surface area contributed by atoms with Crippen molar-refractivity contribution in [1.29, 1.82) is 0 Å². The van der Waals surface area contributed by atoms with E-state index in [9.17, 15) is 4.79 Å². The highest BCUT2D eigenvalue weighted by Gasteiger charge is 2.11. The van der Waals surface area contributed by atoms with Gasteiger partial charge in [-0.2, -0.15) is 5.10 Å². The second-order valence-corrected chi connectivity index (χ2v) is 5.86. The number of aromatic amines is 1. The monoisotopic (exact) mass is 339 g/mol. The Bertz CT molecular complexity index is 1030. The molecule has 0 saturated heterocycles. The Kier molecular flexibility index (Phi) is 4.31. The van der Waals surface area contributed by atoms with E-state index in [1.54, 1.807) is 18.3 Å². The lowest BCUT2D eigenvalue weighted by Gasteiger charge is -2.00. The van der Waals surface area contributed by atoms with Gasteiger partial charge in [0.05, 0.1) is 17.1 Å². The van der Waals surface area contributed by atoms with Crippen molar-refractivity contribution in [2.45, 2.75) is 0 Å². The van der Waals surface area contributed by atoms with Crippen molar-refractivity contribution in [1.82, 2.24) is 14.8 Å². The molecule has 4 aromatic rings. The Hall–Kier alpha value is -3.66. The fourth-order valence-electron chi connectivity index (χ4n) is 2.78. The third-order valence-corrected chi connectivity index (χ3v) is 4.09. The summed E-state index contributed by atoms with van der Waals surface area (Å²) in [6.45, 7) is 0. The van der Waals surface area contributed by atoms with Crippen molar-refractivity contribution in [2.75, 3.05) is 0 Å². The first-order chi connectivity index (χ1) is 12.8. The van der Waals surface area contributed by atoms with Gasteiger partial charge in [-0.25, -0.2) is 4.68 Å². The van der Waals surface area contributed by atoms with Gasteiger partial charge in [-0.15, -0.1) is 0 Å². The molecule has 0 aliphatic heterocycles. The lowest BCUT2D eigenvalue weighted by Crippen LogP contribution is -1.93. The van der Waals surface area contributed by atoms with Crippen LogP contribution < -0.4 is 0 Å². The van der Waals surface area contributed by atoms with Crippen molar-refractivity contribution in [3.63, 3.8) is 0 Å². The van der Waals surface area contributed by atoms with Crippen LogP contribution in [0.3, 0.4) is 0 Å². The number of para-hydroxylation sites is 1. The van der Waals surface area contributed by atoms with Crippen LogP contribution in [0.15, 0.2) is 91.3 Å². The summed E-state index contributed by atoms with van der Waals surface area (Å²) in [5.41, 5.74) is 4.28. The summed E-state index contributed by atoms with van der Waals surface area (Å²) in [5, 5.41) is 4.74. The van der Waals surface area contributed by atoms with Crippen molar-refractivity contribution in [3.05, 3.63) is 103 Å². The maximum atomic E-state index is 12.3. The van der Waals surface area contributed by atoms with E-state index >= 15 is 0 Å². The molecule has 26 heavy (non-hydrogen) atoms. The standard InChI is InChI=1S/C22H17N3O/c26-21(20-12-7-15-23-20)14-13-18-16-25(19-10-5-2-6-11-19)24-22(18)17-8-3-1-4-9-17/h1-16,23H/b14-13+. The van der Waals surface area contributed by atoms with Gasteiger partial charge in [0.25, 0.3) is 0 Å². The van der Waals surface area contributed by atoms with E-state index in [4.69, 9.17) is 5.10 Å². The zero-order chi connectivity index (χ0) is 17.8. The maximum absolute atomic E-state index is 12.3. The first-order valence-electron chi connectivity index (χ1n) is 8.37. The fraction of sp³-hybridized carbons (Fsp3) is 0. The molecule has 2 heterocycles. The van der Waals surface area contributed by atoms with Gasteiger partial charge >= 0.3 is 0 Å². The van der Waals surface area contributed by atoms with Crippen molar-refractivity contribution in [3.8, 4) is 16.9 Å². The Morgan fingerprint density at radius 2 is 1.65 bits per heavy atom. The van der Waals surface area contributed by atoms with Gasteiger partial charge in [-0.05, 0) is 36.4 Å². The molecule has 4 rings (SSSR count). The third kappa shape index (κ3) is 3.26. The first-order valence-corrected chi connectivity index (χ1v) is 8.37. The fourth-order valence-corrected chi connectivity index (χ4v) is 2.78. The van der Waals surface area contributed by atoms with Gasteiger partial charge in [0.2, 0.25) is 5.78 Å². The number of allylic oxidation sites excluding steroid dienone is 1. The molecule has 0 spiro atoms. The lowest BCUT2D eigenvalue weighted by molar-refractivity contribution is 0.104. The first kappa shape index (κ1) is 15.8. The SMILES string of the molecule is O=C(/C=C/c1cn(-c2ccccc2)nc1-c1ccccc1)c1ccc[nH]1. The van der Waals surface area contributed by atoms with Crippen LogP contribution in [0, 0.1) is 0 Å². The number of hydrogen-bond acceptors (Lipinski definition) is 2. The second kappa shape index (κ2) is 7.07. The normalized spacial score (nSPS) is 11.1. The van der Waals surface area contributed by atoms with Crippen molar-refractivity contribution < 1.29 is 4.79 Å². The smallest absolute Gasteiger partial charge is 0.201 e. The van der Waals surface area contributed by atoms with Crippen LogP contribution >= 0.6 is 0 Å². The number of carbonyl (C=O) groups excluding carboxylic acids is 1. The Balaban J connectivity index is 1.74. The number of aromatic nitrogens is 3. The van der Waals surface area contributed by atoms with E-state index < -0.39 is 0 Å². The van der Waals surface area contributed by atoms with Gasteiger partial charge in [0, 0.05) is 23.5 Å². The molecule has 0 radical (unpaired) electrons. The minimum Gasteiger partial charge on any atom is -0.359 e. The average molecular weight is 339 g/mol. The number of benzene rings is 2. The zero-order valence-corrected chi connectivity index (χ0v) is 14.0. The molecular weight excluding hydrogens is 322 g/mol. The summed E-state index contributed by atoms with van der Waals surface area (Å²) in [6, 6.07) is 23.5. The topological polar surface area (TPSA) is 50.7 Å². The number of H-pyrrole nitrogens is 1. The predicted octanol–water partition coefficient (Wildman–Crippen LogP) is 4.76. The second-order valence-electron chi connectivity index (χ2n) is 5.86. The number of carbonyl (C=O) groups is 1. The van der Waals surface area contributed by atoms with Gasteiger partial charge in [0.1, 0.15) is 0 Å². The zero-order valence-electron chi connectivity index (χ0n) is 14.0. The van der Waals surface area contributed by atoms with E-state index in [1.165, 1.54) is 0 Å². The van der Waals surface area contributed by atoms with Gasteiger partial charge in [0.15, 0.2) is 0 Å². The van der Waals surface area contributed by atoms with Crippen molar-refractivity contribution in [2.24, 2.45) is 0 Å². The van der Waals surface area contributed by atoms with E-state index in [1.807, 2.05) is 83.7 Å². The quantitative estimate of drug-likeness (QED) is 0.421. The van der Waals surface area contributed by atoms with Crippen LogP contribution in [0.1, 0.15) is 16.1 Å². The van der Waals surface area contributed by atoms with Crippen LogP contribution in [-0.4, -0.2) is 20.5 Å². The minimum absolute atomic E-state index is 0.0681. The van der Waals surface area contributed by atoms with Gasteiger partial charge in [-0.1, -0.05) is 48.5 Å². The molecule has 0 amide bonds. The highest BCUT2D eigenvalue weighted by atomic mass is 16.1. The molecular formula is C22H17N3O. The molecule has 0 fully saturated rings. The number of ketones is 1. The Morgan fingerprint density at radius 1 is 0.923 bits per heavy atom. The van der Waals surface area contributed by atoms with Crippen LogP contribution in [0.2, 0.25) is 0 Å². The van der Waals surface area contributed by atoms with Crippen LogP contribution in [0.25, 0.3) is 23.0 Å². The average Bonchev–Trinajstić information content (AvgIpc) is 3.38. The molecule has 0 unspecified atom stereocenters. The molecule has 4 heteroatoms. The summed E-state index contributed by atoms with van der Waals surface area (Å²) < 4.78 is 1.83. The predicted molar refractivity (Wildman–Crippen MR) is 103 cm³/mol. The van der Waals surface area contributed by atoms with E-state index in [2.05, 4.69) is 4.98 Å². The van der Waals surface area contributed by atoms with E-state index in [0.717, 1.165) is 22.5 Å². The summed E-state index contributed by atoms with van der Waals surface area (Å²) in [5.74, 6) is -0.0681. The summed E-state index contributed by atoms with van der Waals surface area (Å²) >= 11 is 0. The molecule has 1 N–H and O–H groups in total. The lowest BCUT2D eigenvalue weighted by atomic mass is 10.1. The molecule has 126 valence electrons. The summed E-state index contributed by atoms with van der Waals surface area (Å²) in [7, 11) is 0. The van der Waals surface area contributed by atoms with Gasteiger partial charge < -0.3 is 4.98 Å².